The maximum absolute atomic E-state index is 12.7. The van der Waals surface area contributed by atoms with Crippen LogP contribution in [0, 0.1) is 5.92 Å². The molecule has 2 N–H and O–H groups in total. The average Bonchev–Trinajstić information content (AvgIpc) is 3.32. The van der Waals surface area contributed by atoms with Gasteiger partial charge in [-0.05, 0) is 37.3 Å². The second-order valence-electron chi connectivity index (χ2n) is 7.78. The summed E-state index contributed by atoms with van der Waals surface area (Å²) < 4.78 is 35.7. The first-order valence-electron chi connectivity index (χ1n) is 10.1. The first-order valence-corrected chi connectivity index (χ1v) is 10.1. The molecule has 4 atom stereocenters. The van der Waals surface area contributed by atoms with Crippen LogP contribution in [0.5, 0.6) is 5.75 Å². The van der Waals surface area contributed by atoms with Gasteiger partial charge >= 0.3 is 6.61 Å². The van der Waals surface area contributed by atoms with Crippen molar-refractivity contribution < 1.29 is 18.3 Å². The molecule has 3 aliphatic rings. The van der Waals surface area contributed by atoms with Gasteiger partial charge in [0.1, 0.15) is 5.75 Å². The zero-order valence-corrected chi connectivity index (χ0v) is 15.6. The molecule has 0 bridgehead atoms. The van der Waals surface area contributed by atoms with Crippen molar-refractivity contribution in [3.05, 3.63) is 24.3 Å². The minimum Gasteiger partial charge on any atom is -0.433 e. The highest BCUT2D eigenvalue weighted by Gasteiger charge is 2.37. The molecule has 1 aromatic rings. The topological polar surface area (TPSA) is 45.8 Å². The predicted molar refractivity (Wildman–Crippen MR) is 101 cm³/mol. The van der Waals surface area contributed by atoms with Gasteiger partial charge in [0.2, 0.25) is 0 Å². The third-order valence-electron chi connectivity index (χ3n) is 6.10. The molecular formula is C20H29F2N3O2. The molecule has 3 fully saturated rings. The van der Waals surface area contributed by atoms with Crippen LogP contribution in [-0.4, -0.2) is 57.6 Å². The van der Waals surface area contributed by atoms with Crippen LogP contribution in [-0.2, 0) is 4.74 Å². The summed E-state index contributed by atoms with van der Waals surface area (Å²) in [5, 5.41) is 7.47. The van der Waals surface area contributed by atoms with E-state index in [1.54, 1.807) is 12.1 Å². The number of hydrogen-bond donors (Lipinski definition) is 2. The van der Waals surface area contributed by atoms with Crippen LogP contribution in [0.25, 0.3) is 0 Å². The maximum Gasteiger partial charge on any atom is 0.387 e. The van der Waals surface area contributed by atoms with Crippen molar-refractivity contribution in [2.75, 3.05) is 37.7 Å². The van der Waals surface area contributed by atoms with Crippen LogP contribution < -0.4 is 20.3 Å². The lowest BCUT2D eigenvalue weighted by atomic mass is 9.93. The summed E-state index contributed by atoms with van der Waals surface area (Å²) in [6, 6.07) is 8.40. The summed E-state index contributed by atoms with van der Waals surface area (Å²) in [6.07, 6.45) is 4.70. The van der Waals surface area contributed by atoms with Gasteiger partial charge in [0.15, 0.2) is 0 Å². The van der Waals surface area contributed by atoms with Gasteiger partial charge in [-0.25, -0.2) is 0 Å². The number of alkyl halides is 2. The largest absolute Gasteiger partial charge is 0.433 e. The summed E-state index contributed by atoms with van der Waals surface area (Å²) in [6.45, 7) is 1.42. The van der Waals surface area contributed by atoms with Gasteiger partial charge in [0.05, 0.1) is 18.9 Å². The molecule has 4 rings (SSSR count). The monoisotopic (exact) mass is 381 g/mol. The molecule has 0 amide bonds. The van der Waals surface area contributed by atoms with Crippen LogP contribution >= 0.6 is 0 Å². The molecule has 2 heterocycles. The lowest BCUT2D eigenvalue weighted by molar-refractivity contribution is -0.0495. The normalized spacial score (nSPS) is 31.6. The molecule has 150 valence electrons. The highest BCUT2D eigenvalue weighted by atomic mass is 19.3. The summed E-state index contributed by atoms with van der Waals surface area (Å²) >= 11 is 0. The molecule has 0 spiro atoms. The molecule has 4 unspecified atom stereocenters. The van der Waals surface area contributed by atoms with E-state index in [4.69, 9.17) is 9.47 Å². The van der Waals surface area contributed by atoms with Crippen LogP contribution in [0.1, 0.15) is 25.7 Å². The van der Waals surface area contributed by atoms with E-state index in [9.17, 15) is 8.78 Å². The number of hydrogen-bond acceptors (Lipinski definition) is 5. The highest BCUT2D eigenvalue weighted by Crippen LogP contribution is 2.34. The van der Waals surface area contributed by atoms with E-state index < -0.39 is 6.61 Å². The SMILES string of the molecule is FC(F)Oc1ccccc1N1CCC(NC2CCCC2C2COCCN2)C1. The number of para-hydroxylation sites is 2. The van der Waals surface area contributed by atoms with Crippen molar-refractivity contribution in [2.24, 2.45) is 5.92 Å². The van der Waals surface area contributed by atoms with Gasteiger partial charge in [0.25, 0.3) is 0 Å². The Bertz CT molecular complexity index is 613. The molecule has 7 heteroatoms. The number of nitrogens with one attached hydrogen (secondary N) is 2. The minimum absolute atomic E-state index is 0.260. The van der Waals surface area contributed by atoms with Crippen LogP contribution in [0.4, 0.5) is 14.5 Å². The van der Waals surface area contributed by atoms with Crippen LogP contribution in [0.15, 0.2) is 24.3 Å². The smallest absolute Gasteiger partial charge is 0.387 e. The number of morpholine rings is 1. The zero-order valence-electron chi connectivity index (χ0n) is 15.6. The van der Waals surface area contributed by atoms with E-state index >= 15 is 0 Å². The number of ether oxygens (including phenoxy) is 2. The molecule has 27 heavy (non-hydrogen) atoms. The van der Waals surface area contributed by atoms with Crippen LogP contribution in [0.3, 0.4) is 0 Å². The van der Waals surface area contributed by atoms with Crippen molar-refractivity contribution in [3.8, 4) is 5.75 Å². The summed E-state index contributed by atoms with van der Waals surface area (Å²) in [4.78, 5) is 2.15. The van der Waals surface area contributed by atoms with E-state index in [0.29, 0.717) is 24.0 Å². The van der Waals surface area contributed by atoms with Crippen molar-refractivity contribution >= 4 is 5.69 Å². The standard InChI is InChI=1S/C20H29F2N3O2/c21-20(22)27-19-7-2-1-6-18(19)25-10-8-14(12-25)24-16-5-3-4-15(16)17-13-26-11-9-23-17/h1-2,6-7,14-17,20,23-24H,3-5,8-13H2. The number of rotatable bonds is 6. The molecule has 0 radical (unpaired) electrons. The first kappa shape index (κ1) is 18.9. The van der Waals surface area contributed by atoms with Gasteiger partial charge in [-0.3, -0.25) is 0 Å². The van der Waals surface area contributed by atoms with Gasteiger partial charge < -0.3 is 25.0 Å². The minimum atomic E-state index is -2.80. The fourth-order valence-electron chi connectivity index (χ4n) is 4.87. The molecule has 1 aromatic carbocycles. The Morgan fingerprint density at radius 1 is 1.22 bits per heavy atom. The zero-order chi connectivity index (χ0) is 18.6. The van der Waals surface area contributed by atoms with Gasteiger partial charge in [-0.15, -0.1) is 0 Å². The first-order chi connectivity index (χ1) is 13.2. The fraction of sp³-hybridized carbons (Fsp3) is 0.700. The predicted octanol–water partition coefficient (Wildman–Crippen LogP) is 2.61. The Kier molecular flexibility index (Phi) is 6.10. The summed E-state index contributed by atoms with van der Waals surface area (Å²) in [5.74, 6) is 0.865. The van der Waals surface area contributed by atoms with Gasteiger partial charge in [-0.2, -0.15) is 8.78 Å². The Morgan fingerprint density at radius 2 is 2.11 bits per heavy atom. The molecular weight excluding hydrogens is 352 g/mol. The Morgan fingerprint density at radius 3 is 2.93 bits per heavy atom. The number of benzene rings is 1. The van der Waals surface area contributed by atoms with E-state index in [1.807, 2.05) is 12.1 Å². The summed E-state index contributed by atoms with van der Waals surface area (Å²) in [7, 11) is 0. The Labute approximate surface area is 159 Å². The highest BCUT2D eigenvalue weighted by molar-refractivity contribution is 5.59. The lowest BCUT2D eigenvalue weighted by Gasteiger charge is -2.34. The second-order valence-corrected chi connectivity index (χ2v) is 7.78. The lowest BCUT2D eigenvalue weighted by Crippen LogP contribution is -2.52. The molecule has 0 aromatic heterocycles. The number of anilines is 1. The third kappa shape index (κ3) is 4.52. The third-order valence-corrected chi connectivity index (χ3v) is 6.10. The van der Waals surface area contributed by atoms with Crippen molar-refractivity contribution in [1.29, 1.82) is 0 Å². The van der Waals surface area contributed by atoms with Gasteiger partial charge in [0, 0.05) is 37.8 Å². The number of nitrogens with zero attached hydrogens (tertiary/aromatic N) is 1. The Balaban J connectivity index is 1.36. The average molecular weight is 381 g/mol. The van der Waals surface area contributed by atoms with Crippen molar-refractivity contribution in [2.45, 2.75) is 50.4 Å². The maximum atomic E-state index is 12.7. The quantitative estimate of drug-likeness (QED) is 0.793. The molecule has 1 aliphatic carbocycles. The second kappa shape index (κ2) is 8.71. The van der Waals surface area contributed by atoms with E-state index in [2.05, 4.69) is 15.5 Å². The summed E-state index contributed by atoms with van der Waals surface area (Å²) in [5.41, 5.74) is 0.757. The van der Waals surface area contributed by atoms with Crippen molar-refractivity contribution in [1.82, 2.24) is 10.6 Å². The molecule has 2 aliphatic heterocycles. The fourth-order valence-corrected chi connectivity index (χ4v) is 4.87. The molecule has 5 nitrogen and oxygen atoms in total. The van der Waals surface area contributed by atoms with Crippen molar-refractivity contribution in [3.63, 3.8) is 0 Å². The van der Waals surface area contributed by atoms with Crippen LogP contribution in [0.2, 0.25) is 0 Å². The molecule has 2 saturated heterocycles. The van der Waals surface area contributed by atoms with E-state index in [1.165, 1.54) is 19.3 Å². The number of halogens is 2. The Hall–Kier alpha value is -1.44. The van der Waals surface area contributed by atoms with E-state index in [0.717, 1.165) is 45.0 Å². The van der Waals surface area contributed by atoms with Gasteiger partial charge in [-0.1, -0.05) is 18.6 Å². The molecule has 1 saturated carbocycles. The van der Waals surface area contributed by atoms with E-state index in [-0.39, 0.29) is 5.75 Å².